The van der Waals surface area contributed by atoms with Crippen molar-refractivity contribution in [3.05, 3.63) is 72.1 Å². The van der Waals surface area contributed by atoms with Crippen molar-refractivity contribution in [3.63, 3.8) is 0 Å². The van der Waals surface area contributed by atoms with Gasteiger partial charge in [0.15, 0.2) is 0 Å². The monoisotopic (exact) mass is 450 g/mol. The van der Waals surface area contributed by atoms with Crippen molar-refractivity contribution >= 4 is 33.0 Å². The molecular weight excluding hydrogens is 424 g/mol. The van der Waals surface area contributed by atoms with E-state index in [1.54, 1.807) is 29.3 Å². The van der Waals surface area contributed by atoms with Gasteiger partial charge in [0.1, 0.15) is 0 Å². The molecule has 0 aliphatic carbocycles. The lowest BCUT2D eigenvalue weighted by Crippen LogP contribution is -2.50. The summed E-state index contributed by atoms with van der Waals surface area (Å²) in [5.41, 5.74) is 3.26. The van der Waals surface area contributed by atoms with Crippen LogP contribution in [0.4, 0.5) is 0 Å². The molecule has 0 unspecified atom stereocenters. The molecule has 0 atom stereocenters. The van der Waals surface area contributed by atoms with Crippen LogP contribution in [-0.4, -0.2) is 59.7 Å². The van der Waals surface area contributed by atoms with E-state index in [2.05, 4.69) is 23.8 Å². The minimum Gasteiger partial charge on any atom is -0.337 e. The lowest BCUT2D eigenvalue weighted by molar-refractivity contribution is -0.127. The highest BCUT2D eigenvalue weighted by Crippen LogP contribution is 2.21. The highest BCUT2D eigenvalue weighted by molar-refractivity contribution is 7.89. The van der Waals surface area contributed by atoms with Gasteiger partial charge in [0.05, 0.1) is 27.8 Å². The Morgan fingerprint density at radius 3 is 2.28 bits per heavy atom. The number of benzene rings is 2. The van der Waals surface area contributed by atoms with E-state index in [9.17, 15) is 13.2 Å². The topological polar surface area (TPSA) is 83.5 Å². The maximum absolute atomic E-state index is 13.0. The first-order valence-corrected chi connectivity index (χ1v) is 12.1. The van der Waals surface area contributed by atoms with Gasteiger partial charge in [-0.15, -0.1) is 0 Å². The van der Waals surface area contributed by atoms with Crippen molar-refractivity contribution in [1.29, 1.82) is 0 Å². The molecular formula is C24H26N4O3S. The highest BCUT2D eigenvalue weighted by atomic mass is 32.2. The molecule has 7 nitrogen and oxygen atoms in total. The quantitative estimate of drug-likeness (QED) is 0.557. The summed E-state index contributed by atoms with van der Waals surface area (Å²) in [6, 6.07) is 14.6. The molecule has 0 bridgehead atoms. The summed E-state index contributed by atoms with van der Waals surface area (Å²) in [4.78, 5) is 23.3. The fraction of sp³-hybridized carbons (Fsp3) is 0.292. The van der Waals surface area contributed by atoms with Crippen molar-refractivity contribution in [1.82, 2.24) is 19.2 Å². The number of nitrogens with zero attached hydrogens (tertiary/aromatic N) is 4. The third kappa shape index (κ3) is 4.71. The number of fused-ring (bicyclic) bond motifs is 1. The van der Waals surface area contributed by atoms with Crippen molar-refractivity contribution in [3.8, 4) is 0 Å². The smallest absolute Gasteiger partial charge is 0.246 e. The number of piperazine rings is 1. The van der Waals surface area contributed by atoms with Crippen LogP contribution in [0.1, 0.15) is 31.0 Å². The van der Waals surface area contributed by atoms with Gasteiger partial charge in [-0.1, -0.05) is 38.1 Å². The summed E-state index contributed by atoms with van der Waals surface area (Å²) in [5.74, 6) is 0.174. The maximum atomic E-state index is 13.0. The number of amides is 1. The molecule has 0 N–H and O–H groups in total. The first-order valence-electron chi connectivity index (χ1n) is 10.6. The fourth-order valence-corrected chi connectivity index (χ4v) is 5.06. The third-order valence-electron chi connectivity index (χ3n) is 5.60. The molecule has 4 rings (SSSR count). The van der Waals surface area contributed by atoms with Gasteiger partial charge in [0, 0.05) is 32.3 Å². The number of hydrogen-bond donors (Lipinski definition) is 0. The number of carbonyl (C=O) groups excluding carboxylic acids is 1. The summed E-state index contributed by atoms with van der Waals surface area (Å²) in [5, 5.41) is 0. The van der Waals surface area contributed by atoms with Crippen molar-refractivity contribution < 1.29 is 13.2 Å². The van der Waals surface area contributed by atoms with E-state index >= 15 is 0 Å². The zero-order chi connectivity index (χ0) is 22.7. The molecule has 1 fully saturated rings. The molecule has 0 radical (unpaired) electrons. The minimum atomic E-state index is -3.57. The van der Waals surface area contributed by atoms with Gasteiger partial charge in [-0.3, -0.25) is 9.78 Å². The molecule has 1 aliphatic heterocycles. The largest absolute Gasteiger partial charge is 0.337 e. The van der Waals surface area contributed by atoms with Crippen molar-refractivity contribution in [2.45, 2.75) is 24.7 Å². The normalized spacial score (nSPS) is 15.7. The van der Waals surface area contributed by atoms with Crippen LogP contribution in [0.2, 0.25) is 0 Å². The van der Waals surface area contributed by atoms with Crippen LogP contribution in [-0.2, 0) is 14.8 Å². The van der Waals surface area contributed by atoms with E-state index in [1.165, 1.54) is 10.4 Å². The SMILES string of the molecule is CC(C)c1ccc(S(=O)(=O)N2CCN(C(=O)/C=C/c3cnc4ccccc4n3)CC2)cc1. The van der Waals surface area contributed by atoms with Gasteiger partial charge >= 0.3 is 0 Å². The van der Waals surface area contributed by atoms with Gasteiger partial charge in [0.25, 0.3) is 0 Å². The van der Waals surface area contributed by atoms with Crippen LogP contribution >= 0.6 is 0 Å². The van der Waals surface area contributed by atoms with E-state index < -0.39 is 10.0 Å². The average Bonchev–Trinajstić information content (AvgIpc) is 2.82. The molecule has 1 aromatic heterocycles. The lowest BCUT2D eigenvalue weighted by Gasteiger charge is -2.33. The number of aromatic nitrogens is 2. The molecule has 0 spiro atoms. The predicted molar refractivity (Wildman–Crippen MR) is 124 cm³/mol. The predicted octanol–water partition coefficient (Wildman–Crippen LogP) is 3.30. The zero-order valence-corrected chi connectivity index (χ0v) is 19.0. The van der Waals surface area contributed by atoms with Crippen LogP contribution in [0.25, 0.3) is 17.1 Å². The Labute approximate surface area is 188 Å². The lowest BCUT2D eigenvalue weighted by atomic mass is 10.0. The Morgan fingerprint density at radius 1 is 0.969 bits per heavy atom. The second-order valence-corrected chi connectivity index (χ2v) is 10.0. The molecule has 1 aliphatic rings. The van der Waals surface area contributed by atoms with Crippen LogP contribution < -0.4 is 0 Å². The molecule has 8 heteroatoms. The Kier molecular flexibility index (Phi) is 6.34. The molecule has 1 amide bonds. The standard InChI is InChI=1S/C24H26N4O3S/c1-18(2)19-7-10-21(11-8-19)32(30,31)28-15-13-27(14-16-28)24(29)12-9-20-17-25-22-5-3-4-6-23(22)26-20/h3-12,17-18H,13-16H2,1-2H3/b12-9+. The molecule has 2 aromatic carbocycles. The van der Waals surface area contributed by atoms with E-state index in [0.717, 1.165) is 16.6 Å². The van der Waals surface area contributed by atoms with Gasteiger partial charge < -0.3 is 4.90 Å². The number of sulfonamides is 1. The average molecular weight is 451 g/mol. The summed E-state index contributed by atoms with van der Waals surface area (Å²) >= 11 is 0. The van der Waals surface area contributed by atoms with Gasteiger partial charge in [-0.25, -0.2) is 13.4 Å². The number of rotatable bonds is 5. The highest BCUT2D eigenvalue weighted by Gasteiger charge is 2.29. The Morgan fingerprint density at radius 2 is 1.62 bits per heavy atom. The Hall–Kier alpha value is -3.10. The van der Waals surface area contributed by atoms with Gasteiger partial charge in [-0.2, -0.15) is 4.31 Å². The van der Waals surface area contributed by atoms with Crippen LogP contribution in [0, 0.1) is 0 Å². The molecule has 166 valence electrons. The second-order valence-electron chi connectivity index (χ2n) is 8.07. The first kappa shape index (κ1) is 22.1. The third-order valence-corrected chi connectivity index (χ3v) is 7.51. The summed E-state index contributed by atoms with van der Waals surface area (Å²) in [6.45, 7) is 5.36. The molecule has 1 saturated heterocycles. The van der Waals surface area contributed by atoms with Crippen molar-refractivity contribution in [2.24, 2.45) is 0 Å². The summed E-state index contributed by atoms with van der Waals surface area (Å²) in [7, 11) is -3.57. The van der Waals surface area contributed by atoms with Gasteiger partial charge in [0.2, 0.25) is 15.9 Å². The van der Waals surface area contributed by atoms with E-state index in [0.29, 0.717) is 24.7 Å². The fourth-order valence-electron chi connectivity index (χ4n) is 3.64. The second kappa shape index (κ2) is 9.18. The van der Waals surface area contributed by atoms with Crippen LogP contribution in [0.5, 0.6) is 0 Å². The van der Waals surface area contributed by atoms with E-state index in [4.69, 9.17) is 0 Å². The molecule has 2 heterocycles. The number of hydrogen-bond acceptors (Lipinski definition) is 5. The maximum Gasteiger partial charge on any atom is 0.246 e. The van der Waals surface area contributed by atoms with Crippen molar-refractivity contribution in [2.75, 3.05) is 26.2 Å². The number of para-hydroxylation sites is 2. The Balaban J connectivity index is 1.38. The van der Waals surface area contributed by atoms with E-state index in [-0.39, 0.29) is 23.9 Å². The Bertz CT molecular complexity index is 1250. The van der Waals surface area contributed by atoms with Crippen LogP contribution in [0.15, 0.2) is 65.7 Å². The molecule has 32 heavy (non-hydrogen) atoms. The summed E-state index contributed by atoms with van der Waals surface area (Å²) in [6.07, 6.45) is 4.73. The van der Waals surface area contributed by atoms with Gasteiger partial charge in [-0.05, 0) is 41.8 Å². The number of carbonyl (C=O) groups is 1. The van der Waals surface area contributed by atoms with E-state index in [1.807, 2.05) is 36.4 Å². The summed E-state index contributed by atoms with van der Waals surface area (Å²) < 4.78 is 27.4. The minimum absolute atomic E-state index is 0.168. The molecule has 3 aromatic rings. The van der Waals surface area contributed by atoms with Crippen LogP contribution in [0.3, 0.4) is 0 Å². The zero-order valence-electron chi connectivity index (χ0n) is 18.2. The molecule has 0 saturated carbocycles. The first-order chi connectivity index (χ1) is 15.3.